The van der Waals surface area contributed by atoms with Gasteiger partial charge in [-0.25, -0.2) is 9.79 Å². The maximum Gasteiger partial charge on any atom is 0.338 e. The molecule has 1 atom stereocenters. The van der Waals surface area contributed by atoms with Gasteiger partial charge in [0, 0.05) is 4.90 Å². The van der Waals surface area contributed by atoms with E-state index in [9.17, 15) is 9.59 Å². The van der Waals surface area contributed by atoms with Gasteiger partial charge in [0.05, 0.1) is 51.2 Å². The molecule has 0 aliphatic carbocycles. The number of ether oxygens (including phenoxy) is 3. The number of halogens is 1. The van der Waals surface area contributed by atoms with Crippen LogP contribution in [0.3, 0.4) is 0 Å². The van der Waals surface area contributed by atoms with Crippen molar-refractivity contribution < 1.29 is 19.0 Å². The minimum Gasteiger partial charge on any atom is -0.493 e. The Balaban J connectivity index is 1.55. The van der Waals surface area contributed by atoms with Gasteiger partial charge in [-0.15, -0.1) is 11.8 Å². The molecule has 5 rings (SSSR count). The number of aromatic nitrogens is 1. The monoisotopic (exact) mass is 703 g/mol. The maximum absolute atomic E-state index is 14.0. The number of carbonyl (C=O) groups is 1. The van der Waals surface area contributed by atoms with Crippen molar-refractivity contribution in [2.24, 2.45) is 4.99 Å². The molecular weight excluding hydrogens is 674 g/mol. The summed E-state index contributed by atoms with van der Waals surface area (Å²) in [7, 11) is 1.55. The Labute approximate surface area is 277 Å². The molecular formula is C34H30BrN3O5S2. The summed E-state index contributed by atoms with van der Waals surface area (Å²) in [6.07, 6.45) is 3.45. The van der Waals surface area contributed by atoms with Crippen molar-refractivity contribution in [3.8, 4) is 17.6 Å². The SMILES string of the molecule is COc1cc(/C=c2\sc3n(c2=O)[C@@H](c2ccc(SC)cc2)C(C(=O)OC(C)C)=C(C)N=3)cc(Br)c1OCc1ccc(C#N)cc1. The average Bonchev–Trinajstić information content (AvgIpc) is 3.33. The highest BCUT2D eigenvalue weighted by molar-refractivity contribution is 9.10. The predicted molar refractivity (Wildman–Crippen MR) is 179 cm³/mol. The summed E-state index contributed by atoms with van der Waals surface area (Å²) in [4.78, 5) is 33.6. The van der Waals surface area contributed by atoms with Crippen molar-refractivity contribution in [1.82, 2.24) is 4.57 Å². The molecule has 0 unspecified atom stereocenters. The lowest BCUT2D eigenvalue weighted by molar-refractivity contribution is -0.143. The highest BCUT2D eigenvalue weighted by Crippen LogP contribution is 2.37. The first-order chi connectivity index (χ1) is 21.6. The number of esters is 1. The van der Waals surface area contributed by atoms with Crippen molar-refractivity contribution >= 4 is 51.1 Å². The van der Waals surface area contributed by atoms with Crippen LogP contribution in [0.4, 0.5) is 0 Å². The van der Waals surface area contributed by atoms with Crippen molar-refractivity contribution in [3.05, 3.63) is 118 Å². The fourth-order valence-corrected chi connectivity index (χ4v) is 6.94. The summed E-state index contributed by atoms with van der Waals surface area (Å²) in [6.45, 7) is 5.63. The number of thioether (sulfide) groups is 1. The smallest absolute Gasteiger partial charge is 0.338 e. The molecule has 3 aromatic carbocycles. The zero-order valence-electron chi connectivity index (χ0n) is 25.3. The van der Waals surface area contributed by atoms with E-state index in [1.165, 1.54) is 11.3 Å². The molecule has 45 heavy (non-hydrogen) atoms. The molecule has 1 aliphatic rings. The maximum atomic E-state index is 14.0. The standard InChI is InChI=1S/C34H30BrN3O5S2/c1-19(2)43-33(40)29-20(3)37-34-38(30(29)24-10-12-25(44-5)13-11-24)32(39)28(45-34)16-23-14-26(35)31(27(15-23)41-4)42-18-22-8-6-21(17-36)7-9-22/h6-16,19,30H,18H2,1-5H3/b28-16-/t30-/m0/s1. The van der Waals surface area contributed by atoms with Crippen LogP contribution in [0.25, 0.3) is 6.08 Å². The lowest BCUT2D eigenvalue weighted by Crippen LogP contribution is -2.40. The fraction of sp³-hybridized carbons (Fsp3) is 0.235. The second-order valence-electron chi connectivity index (χ2n) is 10.4. The summed E-state index contributed by atoms with van der Waals surface area (Å²) in [5, 5.41) is 9.04. The Kier molecular flexibility index (Phi) is 9.97. The molecule has 0 amide bonds. The largest absolute Gasteiger partial charge is 0.493 e. The normalized spacial score (nSPS) is 14.5. The van der Waals surface area contributed by atoms with Crippen molar-refractivity contribution in [1.29, 1.82) is 5.26 Å². The molecule has 0 bridgehead atoms. The molecule has 230 valence electrons. The Morgan fingerprint density at radius 3 is 2.51 bits per heavy atom. The number of nitrogens with zero attached hydrogens (tertiary/aromatic N) is 3. The summed E-state index contributed by atoms with van der Waals surface area (Å²) in [5.74, 6) is 0.501. The molecule has 11 heteroatoms. The quantitative estimate of drug-likeness (QED) is 0.153. The minimum atomic E-state index is -0.690. The van der Waals surface area contributed by atoms with Crippen LogP contribution in [0.2, 0.25) is 0 Å². The molecule has 1 aliphatic heterocycles. The zero-order chi connectivity index (χ0) is 32.2. The second kappa shape index (κ2) is 13.9. The van der Waals surface area contributed by atoms with Gasteiger partial charge in [0.2, 0.25) is 0 Å². The third-order valence-electron chi connectivity index (χ3n) is 7.03. The van der Waals surface area contributed by atoms with E-state index in [-0.39, 0.29) is 18.3 Å². The number of allylic oxidation sites excluding steroid dienone is 1. The van der Waals surface area contributed by atoms with E-state index >= 15 is 0 Å². The number of nitriles is 1. The van der Waals surface area contributed by atoms with E-state index < -0.39 is 12.0 Å². The molecule has 2 heterocycles. The van der Waals surface area contributed by atoms with Crippen molar-refractivity contribution in [2.75, 3.05) is 13.4 Å². The van der Waals surface area contributed by atoms with Crippen LogP contribution in [0.1, 0.15) is 49.1 Å². The molecule has 0 spiro atoms. The molecule has 1 aromatic heterocycles. The Morgan fingerprint density at radius 1 is 1.18 bits per heavy atom. The third-order valence-corrected chi connectivity index (χ3v) is 9.35. The van der Waals surface area contributed by atoms with E-state index in [4.69, 9.17) is 19.5 Å². The van der Waals surface area contributed by atoms with Gasteiger partial charge in [-0.2, -0.15) is 5.26 Å². The van der Waals surface area contributed by atoms with Crippen LogP contribution in [0.15, 0.2) is 91.1 Å². The number of methoxy groups -OCH3 is 1. The molecule has 0 fully saturated rings. The lowest BCUT2D eigenvalue weighted by Gasteiger charge is -2.25. The van der Waals surface area contributed by atoms with Gasteiger partial charge in [-0.1, -0.05) is 35.6 Å². The predicted octanol–water partition coefficient (Wildman–Crippen LogP) is 6.13. The van der Waals surface area contributed by atoms with Gasteiger partial charge in [-0.3, -0.25) is 9.36 Å². The van der Waals surface area contributed by atoms with Gasteiger partial charge < -0.3 is 14.2 Å². The van der Waals surface area contributed by atoms with Gasteiger partial charge in [-0.05, 0) is 102 Å². The molecule has 0 radical (unpaired) electrons. The van der Waals surface area contributed by atoms with Crippen molar-refractivity contribution in [2.45, 2.75) is 44.4 Å². The minimum absolute atomic E-state index is 0.267. The van der Waals surface area contributed by atoms with E-state index in [0.717, 1.165) is 16.0 Å². The van der Waals surface area contributed by atoms with Crippen LogP contribution >= 0.6 is 39.0 Å². The first-order valence-corrected chi connectivity index (χ1v) is 16.8. The number of fused-ring (bicyclic) bond motifs is 1. The molecule has 0 saturated carbocycles. The Morgan fingerprint density at radius 2 is 1.89 bits per heavy atom. The average molecular weight is 705 g/mol. The number of rotatable bonds is 9. The lowest BCUT2D eigenvalue weighted by atomic mass is 9.96. The van der Waals surface area contributed by atoms with Gasteiger partial charge in [0.15, 0.2) is 16.3 Å². The summed E-state index contributed by atoms with van der Waals surface area (Å²) in [5.41, 5.74) is 3.57. The third kappa shape index (κ3) is 6.93. The summed E-state index contributed by atoms with van der Waals surface area (Å²) >= 11 is 6.47. The van der Waals surface area contributed by atoms with E-state index in [1.54, 1.807) is 68.5 Å². The number of hydrogen-bond acceptors (Lipinski definition) is 9. The molecule has 0 saturated heterocycles. The zero-order valence-corrected chi connectivity index (χ0v) is 28.5. The number of thiazole rings is 1. The van der Waals surface area contributed by atoms with Gasteiger partial charge >= 0.3 is 5.97 Å². The van der Waals surface area contributed by atoms with Crippen molar-refractivity contribution in [3.63, 3.8) is 0 Å². The number of hydrogen-bond donors (Lipinski definition) is 0. The highest BCUT2D eigenvalue weighted by atomic mass is 79.9. The highest BCUT2D eigenvalue weighted by Gasteiger charge is 2.33. The van der Waals surface area contributed by atoms with E-state index in [0.29, 0.717) is 47.7 Å². The molecule has 0 N–H and O–H groups in total. The van der Waals surface area contributed by atoms with E-state index in [1.807, 2.05) is 48.7 Å². The van der Waals surface area contributed by atoms with Crippen LogP contribution in [-0.2, 0) is 16.1 Å². The number of carbonyl (C=O) groups excluding carboxylic acids is 1. The first kappa shape index (κ1) is 32.3. The van der Waals surface area contributed by atoms with Crippen LogP contribution in [-0.4, -0.2) is 30.0 Å². The molecule has 4 aromatic rings. The second-order valence-corrected chi connectivity index (χ2v) is 13.2. The summed E-state index contributed by atoms with van der Waals surface area (Å²) in [6, 6.07) is 20.1. The number of benzene rings is 3. The van der Waals surface area contributed by atoms with Gasteiger partial charge in [0.1, 0.15) is 6.61 Å². The van der Waals surface area contributed by atoms with E-state index in [2.05, 4.69) is 27.0 Å². The Bertz CT molecular complexity index is 2010. The van der Waals surface area contributed by atoms with Gasteiger partial charge in [0.25, 0.3) is 5.56 Å². The van der Waals surface area contributed by atoms with Crippen LogP contribution in [0, 0.1) is 11.3 Å². The fourth-order valence-electron chi connectivity index (χ4n) is 4.91. The van der Waals surface area contributed by atoms with Crippen LogP contribution < -0.4 is 24.4 Å². The van der Waals surface area contributed by atoms with Crippen LogP contribution in [0.5, 0.6) is 11.5 Å². The summed E-state index contributed by atoms with van der Waals surface area (Å²) < 4.78 is 20.0. The topological polar surface area (TPSA) is 103 Å². The Hall–Kier alpha value is -4.11. The first-order valence-electron chi connectivity index (χ1n) is 14.0. The molecule has 8 nitrogen and oxygen atoms in total.